The van der Waals surface area contributed by atoms with Crippen molar-refractivity contribution in [2.75, 3.05) is 0 Å². The summed E-state index contributed by atoms with van der Waals surface area (Å²) in [5.74, 6) is 0.847. The van der Waals surface area contributed by atoms with Gasteiger partial charge < -0.3 is 8.83 Å². The third-order valence-corrected chi connectivity index (χ3v) is 8.13. The molecule has 2 aliphatic heterocycles. The number of hydrogen-bond acceptors (Lipinski definition) is 6. The van der Waals surface area contributed by atoms with Crippen LogP contribution in [0.3, 0.4) is 0 Å². The van der Waals surface area contributed by atoms with Gasteiger partial charge in [0, 0.05) is 22.3 Å². The first-order valence-electron chi connectivity index (χ1n) is 13.3. The molecule has 2 aliphatic carbocycles. The molecule has 0 aromatic heterocycles. The molecule has 0 N–H and O–H groups in total. The van der Waals surface area contributed by atoms with Gasteiger partial charge in [-0.1, -0.05) is 6.07 Å². The molecule has 0 atom stereocenters. The van der Waals surface area contributed by atoms with Gasteiger partial charge in [-0.25, -0.2) is 9.97 Å². The Morgan fingerprint density at radius 3 is 1.64 bits per heavy atom. The van der Waals surface area contributed by atoms with Crippen LogP contribution in [0.2, 0.25) is 0 Å². The zero-order valence-electron chi connectivity index (χ0n) is 24.5. The standard InChI is InChI=1S/C17H17NO2.C16H12F3NO2/c1-8-6-7-13-16(9(8)2)20-17-12(5)15(19)11(4)10(3)14(17)18-13;1-7-8(2)14(21)9(3)15-13(7)20-11-5-4-10(16(17,18)19)6-12(11)22-15/h6-7H,1-5H3;4-6H,1-3H3. The van der Waals surface area contributed by atoms with Gasteiger partial charge in [-0.15, -0.1) is 0 Å². The molecular weight excluding hydrogens is 545 g/mol. The lowest BCUT2D eigenvalue weighted by Gasteiger charge is -2.14. The first-order valence-corrected chi connectivity index (χ1v) is 13.3. The third-order valence-electron chi connectivity index (χ3n) is 8.13. The molecule has 0 amide bonds. The fourth-order valence-corrected chi connectivity index (χ4v) is 4.99. The Morgan fingerprint density at radius 2 is 1.10 bits per heavy atom. The van der Waals surface area contributed by atoms with E-state index in [0.29, 0.717) is 39.2 Å². The average molecular weight is 575 g/mol. The van der Waals surface area contributed by atoms with E-state index < -0.39 is 11.7 Å². The lowest BCUT2D eigenvalue weighted by molar-refractivity contribution is -0.137. The summed E-state index contributed by atoms with van der Waals surface area (Å²) in [6.45, 7) is 14.7. The summed E-state index contributed by atoms with van der Waals surface area (Å²) in [6.07, 6.45) is -4.46. The van der Waals surface area contributed by atoms with Crippen LogP contribution in [0.25, 0.3) is 45.1 Å². The summed E-state index contributed by atoms with van der Waals surface area (Å²) >= 11 is 0. The molecule has 216 valence electrons. The Kier molecular flexibility index (Phi) is 6.95. The second-order valence-electron chi connectivity index (χ2n) is 10.7. The van der Waals surface area contributed by atoms with E-state index in [4.69, 9.17) is 13.8 Å². The molecule has 9 heteroatoms. The largest absolute Gasteiger partial charge is 0.452 e. The molecule has 6 nitrogen and oxygen atoms in total. The Bertz CT molecular complexity index is 2110. The SMILES string of the molecule is Cc1c2nc3ccc(C(F)(F)F)cc3oc-2c(C)c(=O)c1C.Cc1ccc2nc3c(C)c(C)c(=O)c(C)c-3oc2c1C. The number of rotatable bonds is 0. The molecule has 0 saturated heterocycles. The molecule has 6 rings (SSSR count). The third kappa shape index (κ3) is 4.62. The molecule has 0 radical (unpaired) electrons. The van der Waals surface area contributed by atoms with Crippen molar-refractivity contribution in [1.29, 1.82) is 0 Å². The van der Waals surface area contributed by atoms with E-state index in [9.17, 15) is 22.8 Å². The maximum Gasteiger partial charge on any atom is 0.416 e. The van der Waals surface area contributed by atoms with Gasteiger partial charge in [-0.2, -0.15) is 13.2 Å². The molecule has 2 heterocycles. The summed E-state index contributed by atoms with van der Waals surface area (Å²) < 4.78 is 49.9. The Hall–Kier alpha value is -4.53. The minimum absolute atomic E-state index is 0.00748. The van der Waals surface area contributed by atoms with Crippen LogP contribution < -0.4 is 10.9 Å². The number of nitrogens with zero attached hydrogens (tertiary/aromatic N) is 2. The lowest BCUT2D eigenvalue weighted by atomic mass is 9.99. The molecule has 0 spiro atoms. The molecule has 2 aromatic carbocycles. The van der Waals surface area contributed by atoms with E-state index in [1.54, 1.807) is 27.7 Å². The smallest absolute Gasteiger partial charge is 0.416 e. The fraction of sp³-hybridized carbons (Fsp3) is 0.273. The highest BCUT2D eigenvalue weighted by molar-refractivity contribution is 5.82. The summed E-state index contributed by atoms with van der Waals surface area (Å²) in [4.78, 5) is 33.4. The van der Waals surface area contributed by atoms with E-state index in [1.807, 2.05) is 39.8 Å². The highest BCUT2D eigenvalue weighted by atomic mass is 19.4. The van der Waals surface area contributed by atoms with Crippen LogP contribution in [0.4, 0.5) is 13.2 Å². The first-order chi connectivity index (χ1) is 19.6. The second kappa shape index (κ2) is 10.1. The second-order valence-corrected chi connectivity index (χ2v) is 10.7. The van der Waals surface area contributed by atoms with E-state index in [-0.39, 0.29) is 22.2 Å². The summed E-state index contributed by atoms with van der Waals surface area (Å²) in [5, 5.41) is 0. The van der Waals surface area contributed by atoms with Gasteiger partial charge in [0.15, 0.2) is 33.5 Å². The van der Waals surface area contributed by atoms with Crippen LogP contribution in [0, 0.1) is 55.4 Å². The van der Waals surface area contributed by atoms with Gasteiger partial charge in [0.05, 0.1) is 5.56 Å². The van der Waals surface area contributed by atoms with Gasteiger partial charge >= 0.3 is 6.18 Å². The summed E-state index contributed by atoms with van der Waals surface area (Å²) in [5.41, 5.74) is 8.39. The molecule has 2 aromatic rings. The first kappa shape index (κ1) is 29.0. The Morgan fingerprint density at radius 1 is 0.595 bits per heavy atom. The Labute approximate surface area is 239 Å². The predicted molar refractivity (Wildman–Crippen MR) is 157 cm³/mol. The normalized spacial score (nSPS) is 11.9. The molecule has 0 bridgehead atoms. The van der Waals surface area contributed by atoms with Gasteiger partial charge in [-0.3, -0.25) is 9.59 Å². The van der Waals surface area contributed by atoms with Crippen LogP contribution >= 0.6 is 0 Å². The monoisotopic (exact) mass is 574 g/mol. The van der Waals surface area contributed by atoms with Gasteiger partial charge in [-0.05, 0) is 102 Å². The quantitative estimate of drug-likeness (QED) is 0.171. The summed E-state index contributed by atoms with van der Waals surface area (Å²) in [6, 6.07) is 7.16. The number of benzene rings is 4. The van der Waals surface area contributed by atoms with Crippen LogP contribution in [0.15, 0.2) is 48.8 Å². The number of aromatic nitrogens is 2. The molecule has 0 saturated carbocycles. The molecule has 0 fully saturated rings. The van der Waals surface area contributed by atoms with E-state index in [2.05, 4.69) is 4.98 Å². The predicted octanol–water partition coefficient (Wildman–Crippen LogP) is 8.07. The van der Waals surface area contributed by atoms with Crippen LogP contribution in [0.1, 0.15) is 50.1 Å². The van der Waals surface area contributed by atoms with Crippen LogP contribution in [-0.4, -0.2) is 9.97 Å². The van der Waals surface area contributed by atoms with Crippen molar-refractivity contribution in [3.05, 3.63) is 101 Å². The van der Waals surface area contributed by atoms with Gasteiger partial charge in [0.25, 0.3) is 0 Å². The van der Waals surface area contributed by atoms with Crippen molar-refractivity contribution >= 4 is 22.2 Å². The molecule has 42 heavy (non-hydrogen) atoms. The van der Waals surface area contributed by atoms with E-state index >= 15 is 0 Å². The van der Waals surface area contributed by atoms with Gasteiger partial charge in [0.1, 0.15) is 22.4 Å². The van der Waals surface area contributed by atoms with E-state index in [1.165, 1.54) is 6.07 Å². The molecule has 4 aliphatic rings. The van der Waals surface area contributed by atoms with E-state index in [0.717, 1.165) is 51.2 Å². The number of hydrogen-bond donors (Lipinski definition) is 0. The molecule has 0 unspecified atom stereocenters. The zero-order chi connectivity index (χ0) is 30.8. The average Bonchev–Trinajstić information content (AvgIpc) is 2.97. The van der Waals surface area contributed by atoms with Crippen molar-refractivity contribution < 1.29 is 22.0 Å². The highest BCUT2D eigenvalue weighted by Gasteiger charge is 2.31. The fourth-order valence-electron chi connectivity index (χ4n) is 4.99. The number of fused-ring (bicyclic) bond motifs is 4. The topological polar surface area (TPSA) is 86.2 Å². The van der Waals surface area contributed by atoms with Crippen molar-refractivity contribution in [3.8, 4) is 22.9 Å². The van der Waals surface area contributed by atoms with Crippen molar-refractivity contribution in [1.82, 2.24) is 9.97 Å². The number of alkyl halides is 3. The minimum Gasteiger partial charge on any atom is -0.452 e. The minimum atomic E-state index is -4.46. The van der Waals surface area contributed by atoms with Crippen LogP contribution in [0.5, 0.6) is 0 Å². The summed E-state index contributed by atoms with van der Waals surface area (Å²) in [7, 11) is 0. The van der Waals surface area contributed by atoms with Crippen molar-refractivity contribution in [2.24, 2.45) is 0 Å². The number of halogens is 3. The molecular formula is C33H29F3N2O4. The van der Waals surface area contributed by atoms with Crippen LogP contribution in [-0.2, 0) is 6.18 Å². The highest BCUT2D eigenvalue weighted by Crippen LogP contribution is 2.35. The van der Waals surface area contributed by atoms with Gasteiger partial charge in [0.2, 0.25) is 0 Å². The Balaban J connectivity index is 0.000000169. The van der Waals surface area contributed by atoms with Crippen molar-refractivity contribution in [3.63, 3.8) is 0 Å². The zero-order valence-corrected chi connectivity index (χ0v) is 24.5. The van der Waals surface area contributed by atoms with Crippen molar-refractivity contribution in [2.45, 2.75) is 61.6 Å². The lowest BCUT2D eigenvalue weighted by Crippen LogP contribution is -2.14. The maximum absolute atomic E-state index is 12.8. The number of aryl methyl sites for hydroxylation is 2. The maximum atomic E-state index is 12.8.